The predicted molar refractivity (Wildman–Crippen MR) is 92.9 cm³/mol. The van der Waals surface area contributed by atoms with Crippen molar-refractivity contribution in [2.45, 2.75) is 19.9 Å². The van der Waals surface area contributed by atoms with E-state index in [1.807, 2.05) is 24.6 Å². The maximum Gasteiger partial charge on any atom is 0.411 e. The number of carbonyl (C=O) groups is 2. The number of amides is 2. The minimum atomic E-state index is -0.540. The van der Waals surface area contributed by atoms with Crippen molar-refractivity contribution in [3.8, 4) is 0 Å². The van der Waals surface area contributed by atoms with Crippen molar-refractivity contribution in [3.05, 3.63) is 46.7 Å². The quantitative estimate of drug-likeness (QED) is 0.833. The molecule has 1 heterocycles. The van der Waals surface area contributed by atoms with Gasteiger partial charge in [-0.2, -0.15) is 0 Å². The zero-order chi connectivity index (χ0) is 17.0. The van der Waals surface area contributed by atoms with Crippen molar-refractivity contribution >= 4 is 39.3 Å². The average Bonchev–Trinajstić information content (AvgIpc) is 2.91. The first-order valence-electron chi connectivity index (χ1n) is 7.04. The fourth-order valence-electron chi connectivity index (χ4n) is 2.06. The monoisotopic (exact) mass is 379 g/mol. The van der Waals surface area contributed by atoms with E-state index in [2.05, 4.69) is 31.3 Å². The minimum Gasteiger partial charge on any atom is -0.453 e. The molecule has 0 saturated carbocycles. The summed E-state index contributed by atoms with van der Waals surface area (Å²) in [7, 11) is 1.30. The summed E-state index contributed by atoms with van der Waals surface area (Å²) in [6.07, 6.45) is 1.34. The lowest BCUT2D eigenvalue weighted by atomic mass is 10.2. The Morgan fingerprint density at radius 2 is 1.70 bits per heavy atom. The van der Waals surface area contributed by atoms with Crippen LogP contribution in [0, 0.1) is 0 Å². The molecule has 23 heavy (non-hydrogen) atoms. The molecule has 7 heteroatoms. The number of rotatable bonds is 4. The number of ether oxygens (including phenoxy) is 1. The summed E-state index contributed by atoms with van der Waals surface area (Å²) < 4.78 is 7.27. The van der Waals surface area contributed by atoms with Crippen molar-refractivity contribution in [2.75, 3.05) is 17.7 Å². The molecule has 0 aliphatic rings. The molecular formula is C16H18BrN3O3. The Bertz CT molecular complexity index is 708. The Labute approximate surface area is 143 Å². The lowest BCUT2D eigenvalue weighted by Gasteiger charge is -2.13. The average molecular weight is 380 g/mol. The Morgan fingerprint density at radius 3 is 2.22 bits per heavy atom. The van der Waals surface area contributed by atoms with Gasteiger partial charge < -0.3 is 14.6 Å². The molecule has 0 aliphatic heterocycles. The Balaban J connectivity index is 2.10. The number of nitrogens with zero attached hydrogens (tertiary/aromatic N) is 1. The van der Waals surface area contributed by atoms with Crippen LogP contribution in [0.2, 0.25) is 0 Å². The predicted octanol–water partition coefficient (Wildman–Crippen LogP) is 4.26. The van der Waals surface area contributed by atoms with Gasteiger partial charge in [-0.05, 0) is 60.1 Å². The molecule has 2 amide bonds. The molecule has 0 radical (unpaired) electrons. The SMILES string of the molecule is COC(=O)Nc1ccc(NC(=O)c2cc(Br)cn2C(C)C)cc1. The number of hydrogen-bond donors (Lipinski definition) is 2. The van der Waals surface area contributed by atoms with Gasteiger partial charge in [0, 0.05) is 28.1 Å². The molecule has 0 bridgehead atoms. The van der Waals surface area contributed by atoms with Crippen LogP contribution >= 0.6 is 15.9 Å². The Kier molecular flexibility index (Phi) is 5.44. The van der Waals surface area contributed by atoms with E-state index in [1.54, 1.807) is 30.3 Å². The molecule has 2 rings (SSSR count). The van der Waals surface area contributed by atoms with Gasteiger partial charge in [-0.25, -0.2) is 4.79 Å². The number of methoxy groups -OCH3 is 1. The van der Waals surface area contributed by atoms with E-state index in [4.69, 9.17) is 0 Å². The molecule has 0 saturated heterocycles. The summed E-state index contributed by atoms with van der Waals surface area (Å²) in [5.41, 5.74) is 1.80. The van der Waals surface area contributed by atoms with E-state index in [1.165, 1.54) is 7.11 Å². The number of nitrogens with one attached hydrogen (secondary N) is 2. The van der Waals surface area contributed by atoms with Gasteiger partial charge in [0.1, 0.15) is 5.69 Å². The van der Waals surface area contributed by atoms with E-state index >= 15 is 0 Å². The van der Waals surface area contributed by atoms with Crippen LogP contribution in [0.1, 0.15) is 30.4 Å². The number of hydrogen-bond acceptors (Lipinski definition) is 3. The third-order valence-electron chi connectivity index (χ3n) is 3.18. The second kappa shape index (κ2) is 7.32. The van der Waals surface area contributed by atoms with E-state index in [0.29, 0.717) is 17.1 Å². The molecule has 122 valence electrons. The van der Waals surface area contributed by atoms with Crippen molar-refractivity contribution in [3.63, 3.8) is 0 Å². The lowest BCUT2D eigenvalue weighted by molar-refractivity contribution is 0.101. The van der Waals surface area contributed by atoms with Crippen LogP contribution in [0.15, 0.2) is 41.0 Å². The maximum absolute atomic E-state index is 12.4. The van der Waals surface area contributed by atoms with Crippen LogP contribution < -0.4 is 10.6 Å². The van der Waals surface area contributed by atoms with Crippen LogP contribution in [0.5, 0.6) is 0 Å². The van der Waals surface area contributed by atoms with E-state index < -0.39 is 6.09 Å². The first-order valence-corrected chi connectivity index (χ1v) is 7.83. The molecule has 0 spiro atoms. The molecular weight excluding hydrogens is 362 g/mol. The third kappa shape index (κ3) is 4.35. The Hall–Kier alpha value is -2.28. The van der Waals surface area contributed by atoms with Gasteiger partial charge in [0.25, 0.3) is 5.91 Å². The first kappa shape index (κ1) is 17.1. The van der Waals surface area contributed by atoms with Crippen LogP contribution in [0.4, 0.5) is 16.2 Å². The second-order valence-corrected chi connectivity index (χ2v) is 6.11. The lowest BCUT2D eigenvalue weighted by Crippen LogP contribution is -2.17. The molecule has 0 unspecified atom stereocenters. The van der Waals surface area contributed by atoms with Gasteiger partial charge in [0.05, 0.1) is 7.11 Å². The summed E-state index contributed by atoms with van der Waals surface area (Å²) in [5, 5.41) is 5.38. The zero-order valence-electron chi connectivity index (χ0n) is 13.1. The fourth-order valence-corrected chi connectivity index (χ4v) is 2.49. The van der Waals surface area contributed by atoms with Gasteiger partial charge in [0.2, 0.25) is 0 Å². The number of carbonyl (C=O) groups excluding carboxylic acids is 2. The van der Waals surface area contributed by atoms with Crippen LogP contribution in [0.25, 0.3) is 0 Å². The topological polar surface area (TPSA) is 72.4 Å². The molecule has 0 aliphatic carbocycles. The van der Waals surface area contributed by atoms with E-state index in [-0.39, 0.29) is 11.9 Å². The second-order valence-electron chi connectivity index (χ2n) is 5.19. The van der Waals surface area contributed by atoms with E-state index in [9.17, 15) is 9.59 Å². The highest BCUT2D eigenvalue weighted by Crippen LogP contribution is 2.21. The van der Waals surface area contributed by atoms with Crippen molar-refractivity contribution in [2.24, 2.45) is 0 Å². The summed E-state index contributed by atoms with van der Waals surface area (Å²) in [6.45, 7) is 4.02. The zero-order valence-corrected chi connectivity index (χ0v) is 14.7. The van der Waals surface area contributed by atoms with Gasteiger partial charge in [-0.3, -0.25) is 10.1 Å². The summed E-state index contributed by atoms with van der Waals surface area (Å²) in [4.78, 5) is 23.5. The summed E-state index contributed by atoms with van der Waals surface area (Å²) >= 11 is 3.39. The smallest absolute Gasteiger partial charge is 0.411 e. The number of anilines is 2. The highest BCUT2D eigenvalue weighted by Gasteiger charge is 2.15. The molecule has 6 nitrogen and oxygen atoms in total. The Morgan fingerprint density at radius 1 is 1.13 bits per heavy atom. The number of benzene rings is 1. The number of halogens is 1. The molecule has 2 N–H and O–H groups in total. The van der Waals surface area contributed by atoms with Crippen LogP contribution in [0.3, 0.4) is 0 Å². The maximum atomic E-state index is 12.4. The summed E-state index contributed by atoms with van der Waals surface area (Å²) in [5.74, 6) is -0.196. The van der Waals surface area contributed by atoms with Crippen molar-refractivity contribution < 1.29 is 14.3 Å². The van der Waals surface area contributed by atoms with Gasteiger partial charge in [-0.1, -0.05) is 0 Å². The van der Waals surface area contributed by atoms with Crippen LogP contribution in [-0.2, 0) is 4.74 Å². The molecule has 1 aromatic carbocycles. The highest BCUT2D eigenvalue weighted by molar-refractivity contribution is 9.10. The van der Waals surface area contributed by atoms with Crippen molar-refractivity contribution in [1.29, 1.82) is 0 Å². The van der Waals surface area contributed by atoms with Crippen molar-refractivity contribution in [1.82, 2.24) is 4.57 Å². The summed E-state index contributed by atoms with van der Waals surface area (Å²) in [6, 6.07) is 8.74. The molecule has 2 aromatic rings. The fraction of sp³-hybridized carbons (Fsp3) is 0.250. The molecule has 1 aromatic heterocycles. The minimum absolute atomic E-state index is 0.175. The van der Waals surface area contributed by atoms with Gasteiger partial charge >= 0.3 is 6.09 Å². The van der Waals surface area contributed by atoms with Crippen LogP contribution in [-0.4, -0.2) is 23.7 Å². The van der Waals surface area contributed by atoms with E-state index in [0.717, 1.165) is 4.47 Å². The highest BCUT2D eigenvalue weighted by atomic mass is 79.9. The first-order chi connectivity index (χ1) is 10.9. The molecule has 0 atom stereocenters. The molecule has 0 fully saturated rings. The normalized spacial score (nSPS) is 10.5. The standard InChI is InChI=1S/C16H18BrN3O3/c1-10(2)20-9-11(17)8-14(20)15(21)18-12-4-6-13(7-5-12)19-16(22)23-3/h4-10H,1-3H3,(H,18,21)(H,19,22). The largest absolute Gasteiger partial charge is 0.453 e. The van der Waals surface area contributed by atoms with Gasteiger partial charge in [-0.15, -0.1) is 0 Å². The number of aromatic nitrogens is 1. The van der Waals surface area contributed by atoms with Gasteiger partial charge in [0.15, 0.2) is 0 Å². The third-order valence-corrected chi connectivity index (χ3v) is 3.61.